The van der Waals surface area contributed by atoms with Crippen molar-refractivity contribution in [2.24, 2.45) is 11.7 Å². The molecule has 3 heterocycles. The van der Waals surface area contributed by atoms with Crippen LogP contribution in [0.2, 0.25) is 0 Å². The number of pyridine rings is 1. The molecule has 0 saturated carbocycles. The van der Waals surface area contributed by atoms with Gasteiger partial charge in [0.05, 0.1) is 24.1 Å². The minimum absolute atomic E-state index is 0.0898. The van der Waals surface area contributed by atoms with Gasteiger partial charge in [-0.1, -0.05) is 6.07 Å². The van der Waals surface area contributed by atoms with E-state index in [1.54, 1.807) is 38.2 Å². The van der Waals surface area contributed by atoms with Crippen LogP contribution in [0, 0.1) is 11.7 Å². The molecule has 1 aromatic heterocycles. The number of rotatable bonds is 8. The van der Waals surface area contributed by atoms with Crippen LogP contribution in [-0.4, -0.2) is 71.1 Å². The van der Waals surface area contributed by atoms with E-state index in [0.29, 0.717) is 55.5 Å². The molecule has 2 N–H and O–H groups in total. The highest BCUT2D eigenvalue weighted by Gasteiger charge is 2.34. The van der Waals surface area contributed by atoms with Gasteiger partial charge in [-0.15, -0.1) is 0 Å². The van der Waals surface area contributed by atoms with E-state index in [1.165, 1.54) is 17.0 Å². The van der Waals surface area contributed by atoms with Gasteiger partial charge in [0.15, 0.2) is 0 Å². The number of primary amides is 1. The van der Waals surface area contributed by atoms with Crippen molar-refractivity contribution in [1.82, 2.24) is 14.8 Å². The number of likely N-dealkylation sites (tertiary alicyclic amines) is 2. The molecule has 2 amide bonds. The van der Waals surface area contributed by atoms with Crippen LogP contribution >= 0.6 is 0 Å². The smallest absolute Gasteiger partial charge is 0.257 e. The molecule has 2 fully saturated rings. The summed E-state index contributed by atoms with van der Waals surface area (Å²) in [6.07, 6.45) is 4.69. The number of hydrogen-bond donors (Lipinski definition) is 1. The molecular weight excluding hydrogens is 466 g/mol. The fourth-order valence-corrected chi connectivity index (χ4v) is 5.00. The molecule has 2 aliphatic heterocycles. The zero-order valence-electron chi connectivity index (χ0n) is 20.9. The number of carbonyl (C=O) groups excluding carboxylic acids is 2. The maximum Gasteiger partial charge on any atom is 0.257 e. The van der Waals surface area contributed by atoms with Crippen LogP contribution in [0.5, 0.6) is 5.75 Å². The summed E-state index contributed by atoms with van der Waals surface area (Å²) < 4.78 is 34.6. The van der Waals surface area contributed by atoms with Crippen molar-refractivity contribution in [1.29, 1.82) is 0 Å². The molecule has 4 rings (SSSR count). The van der Waals surface area contributed by atoms with Crippen LogP contribution < -0.4 is 10.5 Å². The van der Waals surface area contributed by atoms with Crippen LogP contribution in [0.15, 0.2) is 36.5 Å². The van der Waals surface area contributed by atoms with Crippen molar-refractivity contribution in [3.63, 3.8) is 0 Å². The second-order valence-electron chi connectivity index (χ2n) is 10.4. The Morgan fingerprint density at radius 3 is 2.50 bits per heavy atom. The fraction of sp³-hybridized carbons (Fsp3) is 0.519. The quantitative estimate of drug-likeness (QED) is 0.595. The van der Waals surface area contributed by atoms with Crippen molar-refractivity contribution >= 4 is 11.8 Å². The van der Waals surface area contributed by atoms with Crippen LogP contribution in [-0.2, 0) is 4.79 Å². The van der Waals surface area contributed by atoms with Gasteiger partial charge in [-0.05, 0) is 82.8 Å². The Morgan fingerprint density at radius 2 is 1.89 bits per heavy atom. The van der Waals surface area contributed by atoms with E-state index in [1.807, 2.05) is 0 Å². The molecule has 0 spiro atoms. The number of alkyl halides is 1. The third kappa shape index (κ3) is 6.37. The number of piperidine rings is 1. The van der Waals surface area contributed by atoms with Crippen LogP contribution in [0.4, 0.5) is 8.78 Å². The molecule has 9 heteroatoms. The number of aromatic nitrogens is 1. The van der Waals surface area contributed by atoms with Crippen molar-refractivity contribution in [2.75, 3.05) is 32.8 Å². The maximum absolute atomic E-state index is 14.9. The molecule has 1 atom stereocenters. The normalized spacial score (nSPS) is 19.4. The summed E-state index contributed by atoms with van der Waals surface area (Å²) in [5.41, 5.74) is 5.20. The zero-order chi connectivity index (χ0) is 25.9. The van der Waals surface area contributed by atoms with Crippen molar-refractivity contribution in [2.45, 2.75) is 51.2 Å². The molecule has 7 nitrogen and oxygen atoms in total. The van der Waals surface area contributed by atoms with Crippen LogP contribution in [0.3, 0.4) is 0 Å². The van der Waals surface area contributed by atoms with Gasteiger partial charge in [0.1, 0.15) is 23.3 Å². The van der Waals surface area contributed by atoms with E-state index in [9.17, 15) is 18.4 Å². The topological polar surface area (TPSA) is 88.8 Å². The Hall–Kier alpha value is -3.07. The van der Waals surface area contributed by atoms with E-state index < -0.39 is 29.3 Å². The number of hydrogen-bond acceptors (Lipinski definition) is 5. The number of nitrogens with zero attached hydrogens (tertiary/aromatic N) is 3. The van der Waals surface area contributed by atoms with E-state index in [2.05, 4.69) is 9.88 Å². The van der Waals surface area contributed by atoms with Gasteiger partial charge in [0.25, 0.3) is 5.91 Å². The lowest BCUT2D eigenvalue weighted by molar-refractivity contribution is -0.121. The summed E-state index contributed by atoms with van der Waals surface area (Å²) in [6, 6.07) is 7.19. The molecule has 36 heavy (non-hydrogen) atoms. The molecule has 0 unspecified atom stereocenters. The van der Waals surface area contributed by atoms with E-state index in [4.69, 9.17) is 10.5 Å². The second-order valence-corrected chi connectivity index (χ2v) is 10.4. The van der Waals surface area contributed by atoms with Gasteiger partial charge in [-0.25, -0.2) is 8.78 Å². The highest BCUT2D eigenvalue weighted by Crippen LogP contribution is 2.26. The van der Waals surface area contributed by atoms with E-state index in [-0.39, 0.29) is 5.56 Å². The second kappa shape index (κ2) is 10.9. The first-order chi connectivity index (χ1) is 17.1. The lowest BCUT2D eigenvalue weighted by Gasteiger charge is -2.34. The Balaban J connectivity index is 1.32. The summed E-state index contributed by atoms with van der Waals surface area (Å²) in [7, 11) is 0. The van der Waals surface area contributed by atoms with E-state index in [0.717, 1.165) is 25.9 Å². The number of benzene rings is 1. The van der Waals surface area contributed by atoms with Gasteiger partial charge in [0, 0.05) is 18.7 Å². The average Bonchev–Trinajstić information content (AvgIpc) is 3.33. The lowest BCUT2D eigenvalue weighted by Crippen LogP contribution is -2.43. The Bertz CT molecular complexity index is 1080. The van der Waals surface area contributed by atoms with Gasteiger partial charge in [-0.2, -0.15) is 0 Å². The number of amides is 2. The predicted molar refractivity (Wildman–Crippen MR) is 133 cm³/mol. The standard InChI is InChI=1S/C27H34F2N4O3/c1-27(2,29)17-32-12-9-18(10-13-32)16-36-20-6-8-23(31-15-20)19-5-7-21(22(28)14-19)26(35)33-11-3-4-24(33)25(30)34/h5-8,14-15,18,24H,3-4,9-13,16-17H2,1-2H3,(H2,30,34)/t24-/m0/s1. The van der Waals surface area contributed by atoms with Crippen molar-refractivity contribution in [3.05, 3.63) is 47.9 Å². The third-order valence-corrected chi connectivity index (χ3v) is 6.87. The summed E-state index contributed by atoms with van der Waals surface area (Å²) in [5.74, 6) is -0.735. The maximum atomic E-state index is 14.9. The Morgan fingerprint density at radius 1 is 1.14 bits per heavy atom. The molecular formula is C27H34F2N4O3. The Kier molecular flexibility index (Phi) is 7.88. The largest absolute Gasteiger partial charge is 0.492 e. The SMILES string of the molecule is CC(C)(F)CN1CCC(COc2ccc(-c3ccc(C(=O)N4CCC[C@H]4C(N)=O)c(F)c3)nc2)CC1. The first-order valence-corrected chi connectivity index (χ1v) is 12.5. The summed E-state index contributed by atoms with van der Waals surface area (Å²) in [5, 5.41) is 0. The van der Waals surface area contributed by atoms with Gasteiger partial charge >= 0.3 is 0 Å². The minimum Gasteiger partial charge on any atom is -0.492 e. The van der Waals surface area contributed by atoms with Gasteiger partial charge < -0.3 is 20.3 Å². The first kappa shape index (κ1) is 26.0. The molecule has 0 radical (unpaired) electrons. The molecule has 1 aromatic carbocycles. The Labute approximate surface area is 210 Å². The molecule has 194 valence electrons. The first-order valence-electron chi connectivity index (χ1n) is 12.5. The summed E-state index contributed by atoms with van der Waals surface area (Å²) in [4.78, 5) is 32.3. The van der Waals surface area contributed by atoms with E-state index >= 15 is 0 Å². The van der Waals surface area contributed by atoms with Crippen LogP contribution in [0.25, 0.3) is 11.3 Å². The van der Waals surface area contributed by atoms with Crippen molar-refractivity contribution < 1.29 is 23.1 Å². The minimum atomic E-state index is -1.18. The number of halogens is 2. The highest BCUT2D eigenvalue weighted by molar-refractivity contribution is 5.98. The molecule has 2 aliphatic rings. The monoisotopic (exact) mass is 500 g/mol. The summed E-state index contributed by atoms with van der Waals surface area (Å²) >= 11 is 0. The molecule has 0 aliphatic carbocycles. The number of carbonyl (C=O) groups is 2. The van der Waals surface area contributed by atoms with Gasteiger partial charge in [0.2, 0.25) is 5.91 Å². The lowest BCUT2D eigenvalue weighted by atomic mass is 9.97. The zero-order valence-corrected chi connectivity index (χ0v) is 20.9. The molecule has 0 bridgehead atoms. The number of ether oxygens (including phenoxy) is 1. The third-order valence-electron chi connectivity index (χ3n) is 6.87. The van der Waals surface area contributed by atoms with Crippen molar-refractivity contribution in [3.8, 4) is 17.0 Å². The average molecular weight is 501 g/mol. The summed E-state index contributed by atoms with van der Waals surface area (Å²) in [6.45, 7) is 6.35. The van der Waals surface area contributed by atoms with Crippen LogP contribution in [0.1, 0.15) is 49.9 Å². The molecule has 2 aromatic rings. The highest BCUT2D eigenvalue weighted by atomic mass is 19.1. The predicted octanol–water partition coefficient (Wildman–Crippen LogP) is 3.82. The fourth-order valence-electron chi connectivity index (χ4n) is 5.00. The number of nitrogens with two attached hydrogens (primary N) is 1. The van der Waals surface area contributed by atoms with Gasteiger partial charge in [-0.3, -0.25) is 14.6 Å². The molecule has 2 saturated heterocycles.